The highest BCUT2D eigenvalue weighted by atomic mass is 19.4. The van der Waals surface area contributed by atoms with Crippen LogP contribution >= 0.6 is 0 Å². The van der Waals surface area contributed by atoms with Gasteiger partial charge in [-0.1, -0.05) is 18.2 Å². The number of alkyl halides is 3. The monoisotopic (exact) mass is 455 g/mol. The minimum absolute atomic E-state index is 0.0589. The van der Waals surface area contributed by atoms with Gasteiger partial charge in [-0.15, -0.1) is 0 Å². The van der Waals surface area contributed by atoms with Crippen molar-refractivity contribution in [1.29, 1.82) is 0 Å². The lowest BCUT2D eigenvalue weighted by molar-refractivity contribution is -0.435. The fraction of sp³-hybridized carbons (Fsp3) is 0.167. The summed E-state index contributed by atoms with van der Waals surface area (Å²) in [7, 11) is 0. The molecule has 170 valence electrons. The Labute approximate surface area is 187 Å². The molecule has 4 aromatic rings. The van der Waals surface area contributed by atoms with E-state index in [0.29, 0.717) is 11.3 Å². The van der Waals surface area contributed by atoms with Crippen molar-refractivity contribution < 1.29 is 28.2 Å². The first-order valence-corrected chi connectivity index (χ1v) is 10.0. The van der Waals surface area contributed by atoms with Gasteiger partial charge in [-0.2, -0.15) is 13.2 Å². The van der Waals surface area contributed by atoms with Crippen molar-refractivity contribution in [2.24, 2.45) is 5.11 Å². The summed E-state index contributed by atoms with van der Waals surface area (Å²) in [5.41, 5.74) is 1.73. The van der Waals surface area contributed by atoms with Crippen LogP contribution in [0.5, 0.6) is 5.88 Å². The summed E-state index contributed by atoms with van der Waals surface area (Å²) in [6, 6.07) is 14.4. The minimum atomic E-state index is -4.59. The molecule has 0 amide bonds. The van der Waals surface area contributed by atoms with E-state index in [1.165, 1.54) is 22.8 Å². The molecule has 0 bridgehead atoms. The average Bonchev–Trinajstić information content (AvgIpc) is 3.03. The van der Waals surface area contributed by atoms with Crippen LogP contribution in [0.2, 0.25) is 0 Å². The smallest absolute Gasteiger partial charge is 0.416 e. The highest BCUT2D eigenvalue weighted by Crippen LogP contribution is 2.43. The van der Waals surface area contributed by atoms with E-state index in [2.05, 4.69) is 5.11 Å². The standard InChI is InChI=1S/C24H20F3N3O3/c1-14-8-15(2)10-19(9-14)29-21-12-17(24(25,26)27)6-7-20(21)22(23(29)32)28-30(33)18-5-3-4-16(11-18)13-31/h3-12,31-32H,13H2,1-2H3. The Morgan fingerprint density at radius 3 is 2.33 bits per heavy atom. The van der Waals surface area contributed by atoms with Crippen LogP contribution in [0.15, 0.2) is 65.8 Å². The second kappa shape index (κ2) is 8.25. The molecule has 0 spiro atoms. The first-order valence-electron chi connectivity index (χ1n) is 10.0. The van der Waals surface area contributed by atoms with Crippen molar-refractivity contribution in [3.63, 3.8) is 0 Å². The molecule has 0 unspecified atom stereocenters. The SMILES string of the molecule is Cc1cc(C)cc(-n2c(O)c(N=[N+]([O-])c3cccc(CO)c3)c3ccc(C(F)(F)F)cc32)c1. The molecule has 9 heteroatoms. The highest BCUT2D eigenvalue weighted by Gasteiger charge is 2.32. The quantitative estimate of drug-likeness (QED) is 0.212. The summed E-state index contributed by atoms with van der Waals surface area (Å²) < 4.78 is 41.5. The van der Waals surface area contributed by atoms with Crippen LogP contribution in [-0.4, -0.2) is 19.6 Å². The molecular formula is C24H20F3N3O3. The maximum atomic E-state index is 13.4. The zero-order valence-corrected chi connectivity index (χ0v) is 17.8. The van der Waals surface area contributed by atoms with Gasteiger partial charge in [0, 0.05) is 28.3 Å². The topological polar surface area (TPSA) is 83.8 Å². The van der Waals surface area contributed by atoms with Gasteiger partial charge in [0.2, 0.25) is 17.3 Å². The minimum Gasteiger partial charge on any atom is -0.594 e. The molecule has 2 N–H and O–H groups in total. The molecule has 0 radical (unpaired) electrons. The highest BCUT2D eigenvalue weighted by molar-refractivity contribution is 5.96. The lowest BCUT2D eigenvalue weighted by atomic mass is 10.1. The van der Waals surface area contributed by atoms with Crippen molar-refractivity contribution in [3.8, 4) is 11.6 Å². The van der Waals surface area contributed by atoms with Gasteiger partial charge in [0.25, 0.3) is 0 Å². The summed E-state index contributed by atoms with van der Waals surface area (Å²) in [5.74, 6) is -0.464. The number of aliphatic hydroxyl groups is 1. The van der Waals surface area contributed by atoms with Gasteiger partial charge in [-0.05, 0) is 65.7 Å². The van der Waals surface area contributed by atoms with Gasteiger partial charge in [0.1, 0.15) is 0 Å². The Morgan fingerprint density at radius 2 is 1.70 bits per heavy atom. The third kappa shape index (κ3) is 4.27. The Morgan fingerprint density at radius 1 is 1.00 bits per heavy atom. The van der Waals surface area contributed by atoms with Crippen LogP contribution in [0.4, 0.5) is 24.5 Å². The molecule has 0 saturated heterocycles. The van der Waals surface area contributed by atoms with Crippen molar-refractivity contribution >= 4 is 22.3 Å². The van der Waals surface area contributed by atoms with Crippen molar-refractivity contribution in [1.82, 2.24) is 4.57 Å². The van der Waals surface area contributed by atoms with Crippen LogP contribution in [0.1, 0.15) is 22.3 Å². The van der Waals surface area contributed by atoms with Gasteiger partial charge >= 0.3 is 6.18 Å². The first kappa shape index (κ1) is 22.3. The van der Waals surface area contributed by atoms with Crippen LogP contribution in [0, 0.1) is 19.1 Å². The van der Waals surface area contributed by atoms with Crippen molar-refractivity contribution in [2.45, 2.75) is 26.6 Å². The second-order valence-electron chi connectivity index (χ2n) is 7.78. The maximum Gasteiger partial charge on any atom is 0.416 e. The molecule has 4 rings (SSSR count). The molecule has 0 aliphatic rings. The molecule has 0 aliphatic heterocycles. The number of fused-ring (bicyclic) bond motifs is 1. The molecule has 0 aliphatic carbocycles. The maximum absolute atomic E-state index is 13.4. The average molecular weight is 455 g/mol. The van der Waals surface area contributed by atoms with Gasteiger partial charge in [-0.3, -0.25) is 4.57 Å². The van der Waals surface area contributed by atoms with E-state index in [1.54, 1.807) is 24.3 Å². The molecule has 6 nitrogen and oxygen atoms in total. The number of aromatic hydroxyl groups is 1. The zero-order valence-electron chi connectivity index (χ0n) is 17.8. The van der Waals surface area contributed by atoms with Crippen LogP contribution in [-0.2, 0) is 12.8 Å². The fourth-order valence-electron chi connectivity index (χ4n) is 3.80. The number of azo groups is 1. The first-order chi connectivity index (χ1) is 15.6. The van der Waals surface area contributed by atoms with E-state index in [9.17, 15) is 28.6 Å². The number of aromatic nitrogens is 1. The Hall–Kier alpha value is -3.85. The number of hydrogen-bond acceptors (Lipinski definition) is 4. The molecule has 1 aromatic heterocycles. The number of halogens is 3. The predicted octanol–water partition coefficient (Wildman–Crippen LogP) is 6.39. The summed E-state index contributed by atoms with van der Waals surface area (Å²) in [4.78, 5) is 0.261. The number of nitrogens with zero attached hydrogens (tertiary/aromatic N) is 3. The van der Waals surface area contributed by atoms with Gasteiger partial charge < -0.3 is 15.4 Å². The number of hydrogen-bond donors (Lipinski definition) is 2. The molecule has 0 atom stereocenters. The summed E-state index contributed by atoms with van der Waals surface area (Å²) in [5, 5.41) is 37.2. The third-order valence-corrected chi connectivity index (χ3v) is 5.21. The van der Waals surface area contributed by atoms with E-state index >= 15 is 0 Å². The molecule has 1 heterocycles. The molecule has 0 saturated carbocycles. The van der Waals surface area contributed by atoms with Crippen LogP contribution in [0.25, 0.3) is 16.6 Å². The summed E-state index contributed by atoms with van der Waals surface area (Å²) >= 11 is 0. The van der Waals surface area contributed by atoms with E-state index in [1.807, 2.05) is 19.9 Å². The van der Waals surface area contributed by atoms with Crippen LogP contribution in [0.3, 0.4) is 0 Å². The zero-order chi connectivity index (χ0) is 23.9. The molecule has 33 heavy (non-hydrogen) atoms. The Bertz CT molecular complexity index is 1370. The third-order valence-electron chi connectivity index (χ3n) is 5.21. The fourth-order valence-corrected chi connectivity index (χ4v) is 3.80. The Balaban J connectivity index is 2.00. The lowest BCUT2D eigenvalue weighted by Gasteiger charge is -2.11. The van der Waals surface area contributed by atoms with E-state index in [0.717, 1.165) is 23.3 Å². The van der Waals surface area contributed by atoms with Gasteiger partial charge in [-0.25, -0.2) is 0 Å². The van der Waals surface area contributed by atoms with E-state index in [4.69, 9.17) is 0 Å². The Kier molecular flexibility index (Phi) is 5.59. The van der Waals surface area contributed by atoms with Gasteiger partial charge in [0.05, 0.1) is 17.7 Å². The lowest BCUT2D eigenvalue weighted by Crippen LogP contribution is -2.05. The van der Waals surface area contributed by atoms with Crippen LogP contribution < -0.4 is 0 Å². The van der Waals surface area contributed by atoms with Crippen molar-refractivity contribution in [2.75, 3.05) is 0 Å². The predicted molar refractivity (Wildman–Crippen MR) is 117 cm³/mol. The number of aliphatic hydroxyl groups excluding tert-OH is 1. The molecule has 0 fully saturated rings. The second-order valence-corrected chi connectivity index (χ2v) is 7.78. The van der Waals surface area contributed by atoms with Gasteiger partial charge in [0.15, 0.2) is 0 Å². The normalized spacial score (nSPS) is 12.5. The number of benzene rings is 3. The number of aryl methyl sites for hydroxylation is 2. The summed E-state index contributed by atoms with van der Waals surface area (Å²) in [6.45, 7) is 3.39. The van der Waals surface area contributed by atoms with E-state index < -0.39 is 17.6 Å². The largest absolute Gasteiger partial charge is 0.594 e. The summed E-state index contributed by atoms with van der Waals surface area (Å²) in [6.07, 6.45) is -4.59. The van der Waals surface area contributed by atoms with Crippen molar-refractivity contribution in [3.05, 3.63) is 88.1 Å². The molecule has 3 aromatic carbocycles. The molecular weight excluding hydrogens is 435 g/mol. The van der Waals surface area contributed by atoms with E-state index in [-0.39, 0.29) is 33.7 Å². The number of rotatable bonds is 4.